The van der Waals surface area contributed by atoms with E-state index in [0.717, 1.165) is 51.1 Å². The highest BCUT2D eigenvalue weighted by Gasteiger charge is 2.21. The van der Waals surface area contributed by atoms with Crippen LogP contribution in [0.4, 0.5) is 0 Å². The Morgan fingerprint density at radius 2 is 2.32 bits per heavy atom. The van der Waals surface area contributed by atoms with Crippen LogP contribution < -0.4 is 4.74 Å². The quantitative estimate of drug-likeness (QED) is 0.762. The molecule has 0 bridgehead atoms. The molecule has 2 unspecified atom stereocenters. The maximum Gasteiger partial charge on any atom is 0.119 e. The Morgan fingerprint density at radius 3 is 3.00 bits per heavy atom. The zero-order chi connectivity index (χ0) is 15.8. The number of hydrogen-bond donors (Lipinski definition) is 1. The maximum absolute atomic E-state index is 10.2. The molecule has 1 aliphatic heterocycles. The Labute approximate surface area is 134 Å². The van der Waals surface area contributed by atoms with Gasteiger partial charge in [0.05, 0.1) is 19.3 Å². The number of ether oxygens (including phenoxy) is 2. The van der Waals surface area contributed by atoms with E-state index in [2.05, 4.69) is 24.0 Å². The monoisotopic (exact) mass is 307 g/mol. The molecule has 0 radical (unpaired) electrons. The van der Waals surface area contributed by atoms with Gasteiger partial charge in [-0.2, -0.15) is 0 Å². The molecule has 0 aromatic heterocycles. The molecule has 124 valence electrons. The second-order valence-corrected chi connectivity index (χ2v) is 6.12. The van der Waals surface area contributed by atoms with E-state index in [4.69, 9.17) is 9.47 Å². The fraction of sp³-hybridized carbons (Fsp3) is 0.667. The summed E-state index contributed by atoms with van der Waals surface area (Å²) >= 11 is 0. The summed E-state index contributed by atoms with van der Waals surface area (Å²) in [5, 5.41) is 10.2. The normalized spacial score (nSPS) is 19.5. The Morgan fingerprint density at radius 1 is 1.45 bits per heavy atom. The van der Waals surface area contributed by atoms with Gasteiger partial charge in [-0.3, -0.25) is 4.90 Å². The second kappa shape index (κ2) is 9.13. The molecule has 4 nitrogen and oxygen atoms in total. The zero-order valence-corrected chi connectivity index (χ0v) is 13.8. The van der Waals surface area contributed by atoms with E-state index in [1.54, 1.807) is 7.11 Å². The minimum Gasteiger partial charge on any atom is -0.497 e. The van der Waals surface area contributed by atoms with Crippen LogP contribution in [0.3, 0.4) is 0 Å². The fourth-order valence-corrected chi connectivity index (χ4v) is 3.03. The van der Waals surface area contributed by atoms with E-state index >= 15 is 0 Å². The molecule has 1 fully saturated rings. The van der Waals surface area contributed by atoms with Gasteiger partial charge < -0.3 is 14.6 Å². The molecule has 0 saturated carbocycles. The molecular formula is C18H29NO3. The number of nitrogens with zero attached hydrogens (tertiary/aromatic N) is 1. The first kappa shape index (κ1) is 17.3. The summed E-state index contributed by atoms with van der Waals surface area (Å²) in [6.07, 6.45) is 4.17. The summed E-state index contributed by atoms with van der Waals surface area (Å²) in [6.45, 7) is 5.38. The average Bonchev–Trinajstić information content (AvgIpc) is 3.00. The summed E-state index contributed by atoms with van der Waals surface area (Å²) in [4.78, 5) is 2.31. The third-order valence-corrected chi connectivity index (χ3v) is 4.12. The lowest BCUT2D eigenvalue weighted by molar-refractivity contribution is 0.0441. The van der Waals surface area contributed by atoms with Crippen molar-refractivity contribution in [3.05, 3.63) is 29.8 Å². The smallest absolute Gasteiger partial charge is 0.119 e. The highest BCUT2D eigenvalue weighted by molar-refractivity contribution is 5.28. The van der Waals surface area contributed by atoms with E-state index in [1.807, 2.05) is 12.1 Å². The van der Waals surface area contributed by atoms with Crippen LogP contribution in [0.15, 0.2) is 24.3 Å². The predicted octanol–water partition coefficient (Wildman–Crippen LogP) is 2.84. The second-order valence-electron chi connectivity index (χ2n) is 6.12. The van der Waals surface area contributed by atoms with Crippen molar-refractivity contribution in [1.82, 2.24) is 4.90 Å². The van der Waals surface area contributed by atoms with E-state index in [0.29, 0.717) is 12.6 Å². The fourth-order valence-electron chi connectivity index (χ4n) is 3.03. The van der Waals surface area contributed by atoms with Crippen LogP contribution in [0.2, 0.25) is 0 Å². The lowest BCUT2D eigenvalue weighted by Gasteiger charge is -2.27. The molecule has 0 aliphatic carbocycles. The number of benzene rings is 1. The van der Waals surface area contributed by atoms with Crippen molar-refractivity contribution in [2.45, 2.75) is 51.4 Å². The van der Waals surface area contributed by atoms with Gasteiger partial charge in [-0.15, -0.1) is 0 Å². The van der Waals surface area contributed by atoms with E-state index in [1.165, 1.54) is 5.56 Å². The van der Waals surface area contributed by atoms with Crippen LogP contribution in [-0.2, 0) is 11.3 Å². The summed E-state index contributed by atoms with van der Waals surface area (Å²) in [7, 11) is 1.69. The summed E-state index contributed by atoms with van der Waals surface area (Å²) < 4.78 is 11.1. The number of aliphatic hydroxyl groups is 1. The molecule has 1 aromatic carbocycles. The van der Waals surface area contributed by atoms with E-state index < -0.39 is 0 Å². The van der Waals surface area contributed by atoms with Gasteiger partial charge in [0.15, 0.2) is 0 Å². The van der Waals surface area contributed by atoms with Gasteiger partial charge >= 0.3 is 0 Å². The van der Waals surface area contributed by atoms with Crippen LogP contribution in [0.1, 0.15) is 38.2 Å². The van der Waals surface area contributed by atoms with Crippen molar-refractivity contribution in [1.29, 1.82) is 0 Å². The molecule has 1 N–H and O–H groups in total. The average molecular weight is 307 g/mol. The van der Waals surface area contributed by atoms with Gasteiger partial charge in [0.1, 0.15) is 5.75 Å². The minimum atomic E-state index is -0.267. The van der Waals surface area contributed by atoms with Crippen molar-refractivity contribution in [3.8, 4) is 5.75 Å². The first-order chi connectivity index (χ1) is 10.7. The van der Waals surface area contributed by atoms with Crippen LogP contribution >= 0.6 is 0 Å². The molecular weight excluding hydrogens is 278 g/mol. The molecule has 0 spiro atoms. The Bertz CT molecular complexity index is 432. The summed E-state index contributed by atoms with van der Waals surface area (Å²) in [5.74, 6) is 0.878. The highest BCUT2D eigenvalue weighted by Crippen LogP contribution is 2.18. The first-order valence-corrected chi connectivity index (χ1v) is 8.36. The molecule has 22 heavy (non-hydrogen) atoms. The maximum atomic E-state index is 10.2. The molecule has 4 heteroatoms. The lowest BCUT2D eigenvalue weighted by Crippen LogP contribution is -2.37. The van der Waals surface area contributed by atoms with Gasteiger partial charge in [0.25, 0.3) is 0 Å². The Kier molecular flexibility index (Phi) is 7.16. The third kappa shape index (κ3) is 5.59. The van der Waals surface area contributed by atoms with Crippen LogP contribution in [-0.4, -0.2) is 49.0 Å². The van der Waals surface area contributed by atoms with Gasteiger partial charge in [-0.25, -0.2) is 0 Å². The number of methoxy groups -OCH3 is 1. The Balaban J connectivity index is 1.98. The van der Waals surface area contributed by atoms with Crippen molar-refractivity contribution in [3.63, 3.8) is 0 Å². The van der Waals surface area contributed by atoms with Gasteiger partial charge in [-0.05, 0) is 37.0 Å². The first-order valence-electron chi connectivity index (χ1n) is 8.36. The van der Waals surface area contributed by atoms with E-state index in [-0.39, 0.29) is 6.10 Å². The van der Waals surface area contributed by atoms with Crippen LogP contribution in [0.25, 0.3) is 0 Å². The number of aliphatic hydroxyl groups excluding tert-OH is 1. The van der Waals surface area contributed by atoms with Crippen molar-refractivity contribution in [2.75, 3.05) is 26.8 Å². The molecule has 1 heterocycles. The Hall–Kier alpha value is -1.10. The molecule has 1 aromatic rings. The molecule has 1 saturated heterocycles. The highest BCUT2D eigenvalue weighted by atomic mass is 16.5. The molecule has 1 aliphatic rings. The van der Waals surface area contributed by atoms with Crippen molar-refractivity contribution < 1.29 is 14.6 Å². The third-order valence-electron chi connectivity index (χ3n) is 4.12. The predicted molar refractivity (Wildman–Crippen MR) is 88.2 cm³/mol. The summed E-state index contributed by atoms with van der Waals surface area (Å²) in [6, 6.07) is 8.15. The van der Waals surface area contributed by atoms with Crippen molar-refractivity contribution >= 4 is 0 Å². The zero-order valence-electron chi connectivity index (χ0n) is 13.8. The van der Waals surface area contributed by atoms with Crippen molar-refractivity contribution in [2.24, 2.45) is 0 Å². The molecule has 2 atom stereocenters. The topological polar surface area (TPSA) is 41.9 Å². The lowest BCUT2D eigenvalue weighted by atomic mass is 10.1. The van der Waals surface area contributed by atoms with Gasteiger partial charge in [0, 0.05) is 26.2 Å². The molecule has 0 amide bonds. The SMILES string of the molecule is CCCC(O)CN(Cc1cccc(OC)c1)CC1CCCO1. The number of rotatable bonds is 9. The standard InChI is InChI=1S/C18H29NO3/c1-3-6-16(20)13-19(14-18-9-5-10-22-18)12-15-7-4-8-17(11-15)21-2/h4,7-8,11,16,18,20H,3,5-6,9-10,12-14H2,1-2H3. The number of hydrogen-bond acceptors (Lipinski definition) is 4. The van der Waals surface area contributed by atoms with E-state index in [9.17, 15) is 5.11 Å². The summed E-state index contributed by atoms with van der Waals surface area (Å²) in [5.41, 5.74) is 1.21. The van der Waals surface area contributed by atoms with Crippen LogP contribution in [0.5, 0.6) is 5.75 Å². The van der Waals surface area contributed by atoms with Crippen LogP contribution in [0, 0.1) is 0 Å². The molecule has 2 rings (SSSR count). The largest absolute Gasteiger partial charge is 0.497 e. The van der Waals surface area contributed by atoms with Gasteiger partial charge in [-0.1, -0.05) is 25.5 Å². The minimum absolute atomic E-state index is 0.267. The van der Waals surface area contributed by atoms with Gasteiger partial charge in [0.2, 0.25) is 0 Å².